The summed E-state index contributed by atoms with van der Waals surface area (Å²) >= 11 is 1.36. The molecular weight excluding hydrogens is 157 g/mol. The first-order valence-electron chi connectivity index (χ1n) is 2.14. The Balaban J connectivity index is 2.77. The molecule has 0 amide bonds. The lowest BCUT2D eigenvalue weighted by atomic mass is 10.5. The summed E-state index contributed by atoms with van der Waals surface area (Å²) in [5.41, 5.74) is 1.94. The molecule has 0 fully saturated rings. The van der Waals surface area contributed by atoms with E-state index in [-0.39, 0.29) is 0 Å². The molecule has 1 unspecified atom stereocenters. The van der Waals surface area contributed by atoms with E-state index in [1.165, 1.54) is 11.3 Å². The maximum atomic E-state index is 10.6. The minimum absolute atomic E-state index is 0.356. The molecule has 1 aromatic heterocycles. The van der Waals surface area contributed by atoms with Gasteiger partial charge in [0.1, 0.15) is 0 Å². The predicted octanol–water partition coefficient (Wildman–Crippen LogP) is 1.09. The van der Waals surface area contributed by atoms with Gasteiger partial charge in [0, 0.05) is 5.38 Å². The van der Waals surface area contributed by atoms with Gasteiger partial charge in [0.2, 0.25) is 0 Å². The molecule has 0 radical (unpaired) electrons. The Morgan fingerprint density at radius 2 is 2.67 bits per heavy atom. The van der Waals surface area contributed by atoms with E-state index in [0.29, 0.717) is 5.69 Å². The van der Waals surface area contributed by atoms with Crippen LogP contribution in [0.1, 0.15) is 10.5 Å². The summed E-state index contributed by atoms with van der Waals surface area (Å²) in [7, 11) is 1.88. The van der Waals surface area contributed by atoms with Crippen LogP contribution in [0.3, 0.4) is 0 Å². The maximum absolute atomic E-state index is 10.6. The van der Waals surface area contributed by atoms with E-state index in [0.717, 1.165) is 0 Å². The lowest BCUT2D eigenvalue weighted by molar-refractivity contribution is 0.0760. The Labute approximate surface area is 58.3 Å². The van der Waals surface area contributed by atoms with E-state index in [4.69, 9.17) is 0 Å². The second-order valence-corrected chi connectivity index (χ2v) is 2.23. The molecule has 0 aromatic carbocycles. The van der Waals surface area contributed by atoms with E-state index in [9.17, 15) is 4.79 Å². The van der Waals surface area contributed by atoms with Crippen LogP contribution in [0, 0.1) is 0 Å². The summed E-state index contributed by atoms with van der Waals surface area (Å²) in [4.78, 5) is 14.3. The van der Waals surface area contributed by atoms with E-state index < -0.39 is 5.97 Å². The minimum atomic E-state index is -0.416. The second kappa shape index (κ2) is 2.90. The number of carbonyl (C=O) groups excluding carboxylic acids is 1. The molecule has 0 aliphatic carbocycles. The third-order valence-corrected chi connectivity index (χ3v) is 1.55. The lowest BCUT2D eigenvalue weighted by Crippen LogP contribution is -1.96. The molecular formula is C4H4NO2PS. The van der Waals surface area contributed by atoms with Crippen LogP contribution in [0.25, 0.3) is 0 Å². The minimum Gasteiger partial charge on any atom is -0.447 e. The zero-order chi connectivity index (χ0) is 6.69. The van der Waals surface area contributed by atoms with Crippen molar-refractivity contribution in [2.45, 2.75) is 0 Å². The highest BCUT2D eigenvalue weighted by atomic mass is 32.1. The number of hydrogen-bond acceptors (Lipinski definition) is 4. The van der Waals surface area contributed by atoms with Crippen LogP contribution in [0.15, 0.2) is 10.9 Å². The average molecular weight is 161 g/mol. The highest BCUT2D eigenvalue weighted by molar-refractivity contribution is 7.11. The largest absolute Gasteiger partial charge is 0.447 e. The molecule has 1 atom stereocenters. The molecule has 0 aliphatic heterocycles. The Kier molecular flexibility index (Phi) is 2.14. The van der Waals surface area contributed by atoms with Gasteiger partial charge in [0.15, 0.2) is 5.69 Å². The van der Waals surface area contributed by atoms with E-state index in [1.54, 1.807) is 10.9 Å². The van der Waals surface area contributed by atoms with Crippen molar-refractivity contribution in [1.29, 1.82) is 0 Å². The van der Waals surface area contributed by atoms with Gasteiger partial charge in [-0.05, 0) is 0 Å². The normalized spacial score (nSPS) is 9.00. The molecule has 3 nitrogen and oxygen atoms in total. The van der Waals surface area contributed by atoms with Gasteiger partial charge in [-0.15, -0.1) is 11.3 Å². The van der Waals surface area contributed by atoms with Crippen molar-refractivity contribution in [1.82, 2.24) is 4.98 Å². The second-order valence-electron chi connectivity index (χ2n) is 1.28. The SMILES string of the molecule is O=C(OP)c1cscn1. The first-order chi connectivity index (χ1) is 4.34. The molecule has 0 N–H and O–H groups in total. The topological polar surface area (TPSA) is 39.2 Å². The zero-order valence-electron chi connectivity index (χ0n) is 4.40. The first-order valence-corrected chi connectivity index (χ1v) is 3.55. The van der Waals surface area contributed by atoms with Gasteiger partial charge in [0.05, 0.1) is 15.0 Å². The van der Waals surface area contributed by atoms with E-state index >= 15 is 0 Å². The summed E-state index contributed by atoms with van der Waals surface area (Å²) in [6.07, 6.45) is 0. The molecule has 9 heavy (non-hydrogen) atoms. The van der Waals surface area contributed by atoms with Crippen molar-refractivity contribution in [3.63, 3.8) is 0 Å². The number of rotatable bonds is 1. The molecule has 0 spiro atoms. The monoisotopic (exact) mass is 161 g/mol. The van der Waals surface area contributed by atoms with Crippen LogP contribution < -0.4 is 0 Å². The average Bonchev–Trinajstić information content (AvgIpc) is 2.37. The Morgan fingerprint density at radius 3 is 3.11 bits per heavy atom. The zero-order valence-corrected chi connectivity index (χ0v) is 6.38. The van der Waals surface area contributed by atoms with Crippen LogP contribution in [0.4, 0.5) is 0 Å². The van der Waals surface area contributed by atoms with Crippen LogP contribution in [0.5, 0.6) is 0 Å². The fourth-order valence-corrected chi connectivity index (χ4v) is 1.02. The van der Waals surface area contributed by atoms with Crippen LogP contribution >= 0.6 is 20.8 Å². The first kappa shape index (κ1) is 6.65. The molecule has 1 rings (SSSR count). The molecule has 5 heteroatoms. The number of aromatic nitrogens is 1. The van der Waals surface area contributed by atoms with E-state index in [2.05, 4.69) is 9.51 Å². The number of nitrogens with zero attached hydrogens (tertiary/aromatic N) is 1. The third-order valence-electron chi connectivity index (χ3n) is 0.748. The van der Waals surface area contributed by atoms with Crippen LogP contribution in [-0.2, 0) is 4.52 Å². The van der Waals surface area contributed by atoms with Gasteiger partial charge in [-0.2, -0.15) is 0 Å². The van der Waals surface area contributed by atoms with Crippen molar-refractivity contribution in [3.05, 3.63) is 16.6 Å². The fourth-order valence-electron chi connectivity index (χ4n) is 0.374. The summed E-state index contributed by atoms with van der Waals surface area (Å²) in [6, 6.07) is 0. The Morgan fingerprint density at radius 1 is 1.89 bits per heavy atom. The highest BCUT2D eigenvalue weighted by Crippen LogP contribution is 2.04. The summed E-state index contributed by atoms with van der Waals surface area (Å²) in [6.45, 7) is 0. The van der Waals surface area contributed by atoms with Gasteiger partial charge in [0.25, 0.3) is 0 Å². The van der Waals surface area contributed by atoms with Crippen molar-refractivity contribution in [3.8, 4) is 0 Å². The van der Waals surface area contributed by atoms with Gasteiger partial charge in [-0.1, -0.05) is 0 Å². The van der Waals surface area contributed by atoms with Crippen molar-refractivity contribution in [2.24, 2.45) is 0 Å². The number of hydrogen-bond donors (Lipinski definition) is 0. The van der Waals surface area contributed by atoms with Gasteiger partial charge < -0.3 is 4.52 Å². The summed E-state index contributed by atoms with van der Waals surface area (Å²) in [5, 5.41) is 1.63. The Hall–Kier alpha value is -0.470. The third kappa shape index (κ3) is 1.47. The molecule has 1 aromatic rings. The standard InChI is InChI=1S/C4H4NO2PS/c6-4(7-8)3-1-9-2-5-3/h1-2H,8H2. The fraction of sp³-hybridized carbons (Fsp3) is 0. The molecule has 1 heterocycles. The quantitative estimate of drug-likeness (QED) is 0.579. The lowest BCUT2D eigenvalue weighted by Gasteiger charge is -1.88. The number of thiazole rings is 1. The van der Waals surface area contributed by atoms with Gasteiger partial charge in [-0.3, -0.25) is 0 Å². The molecule has 0 aliphatic rings. The van der Waals surface area contributed by atoms with Crippen molar-refractivity contribution in [2.75, 3.05) is 0 Å². The van der Waals surface area contributed by atoms with Crippen LogP contribution in [0.2, 0.25) is 0 Å². The molecule has 0 saturated carbocycles. The molecule has 0 saturated heterocycles. The summed E-state index contributed by atoms with van der Waals surface area (Å²) < 4.78 is 4.32. The van der Waals surface area contributed by atoms with Crippen molar-refractivity contribution >= 4 is 26.8 Å². The molecule has 0 bridgehead atoms. The van der Waals surface area contributed by atoms with Crippen molar-refractivity contribution < 1.29 is 9.32 Å². The smallest absolute Gasteiger partial charge is 0.359 e. The molecule has 48 valence electrons. The summed E-state index contributed by atoms with van der Waals surface area (Å²) in [5.74, 6) is -0.416. The van der Waals surface area contributed by atoms with Gasteiger partial charge in [-0.25, -0.2) is 9.78 Å². The Bertz CT molecular complexity index is 198. The maximum Gasteiger partial charge on any atom is 0.359 e. The van der Waals surface area contributed by atoms with E-state index in [1.807, 2.05) is 9.47 Å². The predicted molar refractivity (Wildman–Crippen MR) is 37.2 cm³/mol. The van der Waals surface area contributed by atoms with Crippen LogP contribution in [-0.4, -0.2) is 11.0 Å². The van der Waals surface area contributed by atoms with Gasteiger partial charge >= 0.3 is 5.97 Å². The highest BCUT2D eigenvalue weighted by Gasteiger charge is 2.04. The number of carbonyl (C=O) groups is 1.